The molecule has 0 atom stereocenters. The van der Waals surface area contributed by atoms with Crippen molar-refractivity contribution in [2.45, 2.75) is 39.7 Å². The van der Waals surface area contributed by atoms with Crippen LogP contribution in [0.3, 0.4) is 0 Å². The maximum absolute atomic E-state index is 10.8. The van der Waals surface area contributed by atoms with Crippen LogP contribution >= 0.6 is 0 Å². The Morgan fingerprint density at radius 1 is 1.25 bits per heavy atom. The second kappa shape index (κ2) is 5.62. The average molecular weight is 276 g/mol. The number of hydrogen-bond acceptors (Lipinski definition) is 3. The zero-order chi connectivity index (χ0) is 9.07. The normalized spacial score (nSPS) is 10.0. The Labute approximate surface area is 91.6 Å². The second-order valence-corrected chi connectivity index (χ2v) is 3.47. The molecule has 0 N–H and O–H groups in total. The summed E-state index contributed by atoms with van der Waals surface area (Å²) in [6.07, 6.45) is -0.128. The molecule has 0 spiro atoms. The molecule has 0 unspecified atom stereocenters. The van der Waals surface area contributed by atoms with Crippen LogP contribution in [-0.2, 0) is 14.3 Å². The van der Waals surface area contributed by atoms with Crippen LogP contribution in [0.15, 0.2) is 0 Å². The molecule has 70 valence electrons. The van der Waals surface area contributed by atoms with Gasteiger partial charge >= 0.3 is 31.8 Å². The molecule has 0 heterocycles. The predicted octanol–water partition coefficient (Wildman–Crippen LogP) is 0.123. The third-order valence-electron chi connectivity index (χ3n) is 0.813. The van der Waals surface area contributed by atoms with Crippen LogP contribution in [0.5, 0.6) is 0 Å². The first-order chi connectivity index (χ1) is 4.81. The second-order valence-electron chi connectivity index (χ2n) is 3.47. The van der Waals surface area contributed by atoms with Crippen molar-refractivity contribution in [3.05, 3.63) is 0 Å². The zero-order valence-corrected chi connectivity index (χ0v) is 7.43. The number of ketones is 1. The van der Waals surface area contributed by atoms with E-state index in [0.29, 0.717) is 0 Å². The zero-order valence-electron chi connectivity index (χ0n) is 7.43. The van der Waals surface area contributed by atoms with Crippen LogP contribution in [0.2, 0.25) is 0 Å². The van der Waals surface area contributed by atoms with Gasteiger partial charge in [0, 0.05) is 0 Å². The molecule has 0 aliphatic rings. The fraction of sp³-hybridized carbons (Fsp3) is 0.750. The van der Waals surface area contributed by atoms with Gasteiger partial charge in [0.05, 0.1) is 0 Å². The number of carbonyl (C=O) groups is 2. The first kappa shape index (κ1) is 14.5. The first-order valence-electron chi connectivity index (χ1n) is 3.52. The van der Waals surface area contributed by atoms with Gasteiger partial charge in [0.2, 0.25) is 0 Å². The third-order valence-corrected chi connectivity index (χ3v) is 0.813. The summed E-state index contributed by atoms with van der Waals surface area (Å²) in [5.74, 6) is -0.621. The number of ether oxygens (including phenoxy) is 1. The monoisotopic (exact) mass is 276 g/mol. The molecule has 0 saturated carbocycles. The number of hydrogen-bond donors (Lipinski definition) is 0. The van der Waals surface area contributed by atoms with E-state index >= 15 is 0 Å². The molecule has 12 heavy (non-hydrogen) atoms. The van der Waals surface area contributed by atoms with Gasteiger partial charge in [-0.05, 0) is 27.7 Å². The van der Waals surface area contributed by atoms with E-state index in [1.165, 1.54) is 6.92 Å². The van der Waals surface area contributed by atoms with Gasteiger partial charge < -0.3 is 4.74 Å². The number of rotatable bonds is 2. The predicted molar refractivity (Wildman–Crippen MR) is 51.1 cm³/mol. The molecule has 0 rings (SSSR count). The summed E-state index contributed by atoms with van der Waals surface area (Å²) in [4.78, 5) is 21.3. The molecule has 0 amide bonds. The molecule has 0 aliphatic heterocycles. The SMILES string of the molecule is CC(=O)CC(=O)OC(C)(C)C.[InH3]. The van der Waals surface area contributed by atoms with Crippen LogP contribution in [0, 0.1) is 0 Å². The van der Waals surface area contributed by atoms with Crippen molar-refractivity contribution >= 4 is 37.6 Å². The van der Waals surface area contributed by atoms with Gasteiger partial charge in [0.1, 0.15) is 17.8 Å². The van der Waals surface area contributed by atoms with Gasteiger partial charge in [0.25, 0.3) is 0 Å². The maximum atomic E-state index is 10.8. The number of carbonyl (C=O) groups excluding carboxylic acids is 2. The van der Waals surface area contributed by atoms with E-state index in [0.717, 1.165) is 0 Å². The van der Waals surface area contributed by atoms with Gasteiger partial charge in [-0.1, -0.05) is 0 Å². The molecule has 0 aromatic carbocycles. The van der Waals surface area contributed by atoms with Crippen molar-refractivity contribution in [3.63, 3.8) is 0 Å². The fourth-order valence-corrected chi connectivity index (χ4v) is 0.581. The Balaban J connectivity index is 0. The third kappa shape index (κ3) is 10.0. The molecule has 0 fully saturated rings. The number of esters is 1. The molecule has 0 aromatic heterocycles. The minimum absolute atomic E-state index is 0. The summed E-state index contributed by atoms with van der Waals surface area (Å²) < 4.78 is 4.89. The van der Waals surface area contributed by atoms with Gasteiger partial charge in [0.15, 0.2) is 0 Å². The van der Waals surface area contributed by atoms with Crippen molar-refractivity contribution in [2.24, 2.45) is 0 Å². The van der Waals surface area contributed by atoms with Crippen LogP contribution in [-0.4, -0.2) is 43.2 Å². The van der Waals surface area contributed by atoms with Crippen molar-refractivity contribution < 1.29 is 14.3 Å². The molecule has 0 radical (unpaired) electrons. The molecular weight excluding hydrogens is 259 g/mol. The summed E-state index contributed by atoms with van der Waals surface area (Å²) >= 11 is 0. The van der Waals surface area contributed by atoms with Gasteiger partial charge in [-0.25, -0.2) is 0 Å². The summed E-state index contributed by atoms with van der Waals surface area (Å²) in [6, 6.07) is 0. The Bertz CT molecular complexity index is 170. The standard InChI is InChI=1S/C8H14O3.In.3H/c1-6(9)5-7(10)11-8(2,3)4;;;;/h5H2,1-4H3;;;;. The molecule has 0 saturated heterocycles. The average Bonchev–Trinajstić information content (AvgIpc) is 1.53. The van der Waals surface area contributed by atoms with Crippen molar-refractivity contribution in [3.8, 4) is 0 Å². The summed E-state index contributed by atoms with van der Waals surface area (Å²) in [6.45, 7) is 6.67. The number of Topliss-reactive ketones (excluding diaryl/α,β-unsaturated/α-hetero) is 1. The van der Waals surface area contributed by atoms with E-state index in [1.54, 1.807) is 20.8 Å². The van der Waals surface area contributed by atoms with E-state index in [4.69, 9.17) is 4.74 Å². The Hall–Kier alpha value is 0.0101. The quantitative estimate of drug-likeness (QED) is 0.531. The van der Waals surface area contributed by atoms with Crippen LogP contribution in [0.25, 0.3) is 0 Å². The summed E-state index contributed by atoms with van der Waals surface area (Å²) in [5.41, 5.74) is -0.494. The fourth-order valence-electron chi connectivity index (χ4n) is 0.581. The van der Waals surface area contributed by atoms with Crippen molar-refractivity contribution in [2.75, 3.05) is 0 Å². The van der Waals surface area contributed by atoms with E-state index < -0.39 is 11.6 Å². The van der Waals surface area contributed by atoms with Crippen LogP contribution in [0.1, 0.15) is 34.1 Å². The van der Waals surface area contributed by atoms with Crippen LogP contribution < -0.4 is 0 Å². The first-order valence-corrected chi connectivity index (χ1v) is 3.52. The Kier molecular flexibility index (Phi) is 6.81. The van der Waals surface area contributed by atoms with E-state index in [9.17, 15) is 9.59 Å². The van der Waals surface area contributed by atoms with E-state index in [1.807, 2.05) is 0 Å². The summed E-state index contributed by atoms with van der Waals surface area (Å²) in [7, 11) is 0. The molecule has 3 nitrogen and oxygen atoms in total. The van der Waals surface area contributed by atoms with E-state index in [-0.39, 0.29) is 38.0 Å². The van der Waals surface area contributed by atoms with Crippen LogP contribution in [0.4, 0.5) is 0 Å². The minimum atomic E-state index is -0.494. The molecule has 0 aromatic rings. The van der Waals surface area contributed by atoms with Gasteiger partial charge in [-0.2, -0.15) is 0 Å². The van der Waals surface area contributed by atoms with Gasteiger partial charge in [-0.15, -0.1) is 0 Å². The van der Waals surface area contributed by atoms with E-state index in [2.05, 4.69) is 0 Å². The summed E-state index contributed by atoms with van der Waals surface area (Å²) in [5, 5.41) is 0. The topological polar surface area (TPSA) is 43.4 Å². The van der Waals surface area contributed by atoms with Gasteiger partial charge in [-0.3, -0.25) is 9.59 Å². The van der Waals surface area contributed by atoms with Crippen molar-refractivity contribution in [1.82, 2.24) is 0 Å². The Morgan fingerprint density at radius 3 is 1.92 bits per heavy atom. The molecule has 0 aliphatic carbocycles. The molecule has 4 heteroatoms. The van der Waals surface area contributed by atoms with Crippen molar-refractivity contribution in [1.29, 1.82) is 0 Å². The molecular formula is C8H17InO3. The molecule has 0 bridgehead atoms. The Morgan fingerprint density at radius 2 is 1.67 bits per heavy atom.